The number of rotatable bonds is 5. The normalized spacial score (nSPS) is 15.0. The van der Waals surface area contributed by atoms with Crippen LogP contribution in [-0.4, -0.2) is 36.2 Å². The van der Waals surface area contributed by atoms with Gasteiger partial charge in [0.15, 0.2) is 0 Å². The van der Waals surface area contributed by atoms with Gasteiger partial charge < -0.3 is 15.0 Å². The van der Waals surface area contributed by atoms with Gasteiger partial charge in [0, 0.05) is 36.1 Å². The van der Waals surface area contributed by atoms with Gasteiger partial charge in [0.1, 0.15) is 5.75 Å². The molecule has 0 bridgehead atoms. The number of halogens is 4. The van der Waals surface area contributed by atoms with Gasteiger partial charge >= 0.3 is 6.36 Å². The Bertz CT molecular complexity index is 878. The van der Waals surface area contributed by atoms with E-state index in [1.165, 1.54) is 24.3 Å². The smallest absolute Gasteiger partial charge is 0.406 e. The van der Waals surface area contributed by atoms with Crippen LogP contribution in [-0.2, 0) is 11.3 Å². The zero-order valence-corrected chi connectivity index (χ0v) is 16.7. The lowest BCUT2D eigenvalue weighted by Crippen LogP contribution is -2.42. The lowest BCUT2D eigenvalue weighted by atomic mass is 9.95. The molecule has 5 nitrogen and oxygen atoms in total. The van der Waals surface area contributed by atoms with Gasteiger partial charge in [-0.15, -0.1) is 13.2 Å². The third kappa shape index (κ3) is 6.13. The molecule has 1 aliphatic rings. The van der Waals surface area contributed by atoms with Gasteiger partial charge in [-0.05, 0) is 54.8 Å². The minimum Gasteiger partial charge on any atom is -0.406 e. The lowest BCUT2D eigenvalue weighted by Gasteiger charge is -2.31. The van der Waals surface area contributed by atoms with E-state index in [4.69, 9.17) is 11.6 Å². The third-order valence-corrected chi connectivity index (χ3v) is 5.12. The van der Waals surface area contributed by atoms with Crippen LogP contribution >= 0.6 is 11.6 Å². The Morgan fingerprint density at radius 1 is 1.03 bits per heavy atom. The number of hydrogen-bond donors (Lipinski definition) is 1. The van der Waals surface area contributed by atoms with Crippen molar-refractivity contribution in [3.8, 4) is 5.75 Å². The molecule has 9 heteroatoms. The van der Waals surface area contributed by atoms with Crippen LogP contribution in [0, 0.1) is 5.92 Å². The van der Waals surface area contributed by atoms with E-state index in [9.17, 15) is 22.8 Å². The maximum absolute atomic E-state index is 12.5. The number of nitrogens with zero attached hydrogens (tertiary/aromatic N) is 1. The van der Waals surface area contributed by atoms with Crippen LogP contribution in [0.2, 0.25) is 5.02 Å². The Balaban J connectivity index is 1.45. The summed E-state index contributed by atoms with van der Waals surface area (Å²) in [7, 11) is 0. The van der Waals surface area contributed by atoms with E-state index < -0.39 is 6.36 Å². The average molecular weight is 441 g/mol. The summed E-state index contributed by atoms with van der Waals surface area (Å²) in [4.78, 5) is 26.6. The van der Waals surface area contributed by atoms with Gasteiger partial charge in [-0.3, -0.25) is 9.59 Å². The van der Waals surface area contributed by atoms with Crippen molar-refractivity contribution in [1.82, 2.24) is 10.2 Å². The summed E-state index contributed by atoms with van der Waals surface area (Å²) in [6, 6.07) is 12.0. The third-order valence-electron chi connectivity index (χ3n) is 4.87. The molecule has 0 saturated carbocycles. The topological polar surface area (TPSA) is 58.6 Å². The Hall–Kier alpha value is -2.74. The molecule has 0 aliphatic carbocycles. The number of benzene rings is 2. The highest BCUT2D eigenvalue weighted by Gasteiger charge is 2.31. The minimum absolute atomic E-state index is 0.0910. The van der Waals surface area contributed by atoms with Crippen molar-refractivity contribution >= 4 is 23.4 Å². The molecular formula is C21H20ClF3N2O3. The standard InChI is InChI=1S/C21H20ClF3N2O3/c22-17-5-3-16(4-6-17)20(29)27-11-9-15(10-12-27)19(28)26-13-14-1-7-18(8-2-14)30-21(23,24)25/h1-8,15H,9-13H2,(H,26,28). The Morgan fingerprint density at radius 2 is 1.63 bits per heavy atom. The first-order valence-electron chi connectivity index (χ1n) is 9.38. The average Bonchev–Trinajstić information content (AvgIpc) is 2.72. The first-order valence-corrected chi connectivity index (χ1v) is 9.76. The van der Waals surface area contributed by atoms with Crippen molar-refractivity contribution < 1.29 is 27.5 Å². The van der Waals surface area contributed by atoms with Gasteiger partial charge in [-0.1, -0.05) is 23.7 Å². The van der Waals surface area contributed by atoms with E-state index in [1.807, 2.05) is 0 Å². The zero-order valence-electron chi connectivity index (χ0n) is 15.9. The predicted molar refractivity (Wildman–Crippen MR) is 105 cm³/mol. The number of carbonyl (C=O) groups is 2. The molecule has 0 unspecified atom stereocenters. The van der Waals surface area contributed by atoms with Crippen molar-refractivity contribution in [2.45, 2.75) is 25.7 Å². The fourth-order valence-electron chi connectivity index (χ4n) is 3.26. The molecule has 1 fully saturated rings. The van der Waals surface area contributed by atoms with Crippen LogP contribution in [0.15, 0.2) is 48.5 Å². The molecule has 0 radical (unpaired) electrons. The van der Waals surface area contributed by atoms with Crippen LogP contribution < -0.4 is 10.1 Å². The molecule has 30 heavy (non-hydrogen) atoms. The molecule has 1 N–H and O–H groups in total. The van der Waals surface area contributed by atoms with Gasteiger partial charge in [0.05, 0.1) is 0 Å². The van der Waals surface area contributed by atoms with E-state index in [0.717, 1.165) is 0 Å². The van der Waals surface area contributed by atoms with Gasteiger partial charge in [0.25, 0.3) is 5.91 Å². The highest BCUT2D eigenvalue weighted by Crippen LogP contribution is 2.23. The molecule has 1 aliphatic heterocycles. The van der Waals surface area contributed by atoms with E-state index in [2.05, 4.69) is 10.1 Å². The Morgan fingerprint density at radius 3 is 2.20 bits per heavy atom. The predicted octanol–water partition coefficient (Wildman–Crippen LogP) is 4.41. The second-order valence-corrected chi connectivity index (χ2v) is 7.42. The summed E-state index contributed by atoms with van der Waals surface area (Å²) in [5, 5.41) is 3.36. The largest absolute Gasteiger partial charge is 0.573 e. The maximum atomic E-state index is 12.5. The number of hydrogen-bond acceptors (Lipinski definition) is 3. The number of carbonyl (C=O) groups excluding carboxylic acids is 2. The Labute approximate surface area is 176 Å². The molecule has 0 aromatic heterocycles. The molecule has 0 atom stereocenters. The molecule has 1 heterocycles. The van der Waals surface area contributed by atoms with Crippen LogP contribution in [0.25, 0.3) is 0 Å². The molecule has 2 amide bonds. The molecule has 0 spiro atoms. The van der Waals surface area contributed by atoms with Crippen molar-refractivity contribution in [3.63, 3.8) is 0 Å². The van der Waals surface area contributed by atoms with Gasteiger partial charge in [0.2, 0.25) is 5.91 Å². The van der Waals surface area contributed by atoms with Crippen LogP contribution in [0.5, 0.6) is 5.75 Å². The van der Waals surface area contributed by atoms with Crippen molar-refractivity contribution in [2.24, 2.45) is 5.92 Å². The molecule has 2 aromatic rings. The summed E-state index contributed by atoms with van der Waals surface area (Å²) in [6.07, 6.45) is -3.65. The lowest BCUT2D eigenvalue weighted by molar-refractivity contribution is -0.274. The first kappa shape index (κ1) is 22.0. The SMILES string of the molecule is O=C(NCc1ccc(OC(F)(F)F)cc1)C1CCN(C(=O)c2ccc(Cl)cc2)CC1. The zero-order chi connectivity index (χ0) is 21.7. The number of ether oxygens (including phenoxy) is 1. The second-order valence-electron chi connectivity index (χ2n) is 6.98. The van der Waals surface area contributed by atoms with E-state index >= 15 is 0 Å². The molecule has 1 saturated heterocycles. The van der Waals surface area contributed by atoms with E-state index in [0.29, 0.717) is 42.1 Å². The van der Waals surface area contributed by atoms with E-state index in [-0.39, 0.29) is 30.0 Å². The highest BCUT2D eigenvalue weighted by atomic mass is 35.5. The summed E-state index contributed by atoms with van der Waals surface area (Å²) in [5.74, 6) is -0.752. The van der Waals surface area contributed by atoms with Crippen LogP contribution in [0.3, 0.4) is 0 Å². The second kappa shape index (κ2) is 9.38. The summed E-state index contributed by atoms with van der Waals surface area (Å²) < 4.78 is 40.4. The number of alkyl halides is 3. The number of likely N-dealkylation sites (tertiary alicyclic amines) is 1. The molecule has 160 valence electrons. The number of nitrogens with one attached hydrogen (secondary N) is 1. The Kier molecular flexibility index (Phi) is 6.87. The van der Waals surface area contributed by atoms with Gasteiger partial charge in [-0.25, -0.2) is 0 Å². The van der Waals surface area contributed by atoms with Crippen LogP contribution in [0.4, 0.5) is 13.2 Å². The monoisotopic (exact) mass is 440 g/mol. The number of piperidine rings is 1. The van der Waals surface area contributed by atoms with Crippen molar-refractivity contribution in [2.75, 3.05) is 13.1 Å². The summed E-state index contributed by atoms with van der Waals surface area (Å²) in [6.45, 7) is 1.15. The van der Waals surface area contributed by atoms with Crippen molar-refractivity contribution in [1.29, 1.82) is 0 Å². The quantitative estimate of drug-likeness (QED) is 0.749. The first-order chi connectivity index (χ1) is 14.2. The molecular weight excluding hydrogens is 421 g/mol. The summed E-state index contributed by atoms with van der Waals surface area (Å²) in [5.41, 5.74) is 1.22. The fraction of sp³-hybridized carbons (Fsp3) is 0.333. The van der Waals surface area contributed by atoms with Gasteiger partial charge in [-0.2, -0.15) is 0 Å². The molecule has 3 rings (SSSR count). The minimum atomic E-state index is -4.74. The maximum Gasteiger partial charge on any atom is 0.573 e. The highest BCUT2D eigenvalue weighted by molar-refractivity contribution is 6.30. The fourth-order valence-corrected chi connectivity index (χ4v) is 3.39. The summed E-state index contributed by atoms with van der Waals surface area (Å²) >= 11 is 5.84. The van der Waals surface area contributed by atoms with E-state index in [1.54, 1.807) is 29.2 Å². The van der Waals surface area contributed by atoms with Crippen molar-refractivity contribution in [3.05, 3.63) is 64.7 Å². The molecule has 2 aromatic carbocycles. The van der Waals surface area contributed by atoms with Crippen LogP contribution in [0.1, 0.15) is 28.8 Å². The number of amides is 2.